The molecule has 0 amide bonds. The second-order valence-corrected chi connectivity index (χ2v) is 7.45. The SMILES string of the molecule is CN=C(NCCc1ccc2c(c1)CCO2)NCc1ccc(C)cc1OCCCOC.I. The molecule has 0 unspecified atom stereocenters. The smallest absolute Gasteiger partial charge is 0.191 e. The molecule has 31 heavy (non-hydrogen) atoms. The molecule has 0 spiro atoms. The summed E-state index contributed by atoms with van der Waals surface area (Å²) in [6, 6.07) is 12.8. The molecule has 0 fully saturated rings. The van der Waals surface area contributed by atoms with Crippen LogP contribution in [0.25, 0.3) is 0 Å². The van der Waals surface area contributed by atoms with E-state index in [1.165, 1.54) is 16.7 Å². The van der Waals surface area contributed by atoms with E-state index >= 15 is 0 Å². The molecule has 0 saturated heterocycles. The Hall–Kier alpha value is -2.00. The van der Waals surface area contributed by atoms with Crippen LogP contribution in [0.15, 0.2) is 41.4 Å². The van der Waals surface area contributed by atoms with Crippen LogP contribution in [-0.2, 0) is 24.1 Å². The van der Waals surface area contributed by atoms with Crippen molar-refractivity contribution in [3.63, 3.8) is 0 Å². The number of rotatable bonds is 10. The molecule has 1 aliphatic rings. The highest BCUT2D eigenvalue weighted by Crippen LogP contribution is 2.26. The molecule has 0 aromatic heterocycles. The first-order valence-electron chi connectivity index (χ1n) is 10.6. The predicted octanol–water partition coefficient (Wildman–Crippen LogP) is 3.87. The van der Waals surface area contributed by atoms with Crippen molar-refractivity contribution in [3.05, 3.63) is 58.7 Å². The summed E-state index contributed by atoms with van der Waals surface area (Å²) in [4.78, 5) is 4.34. The molecule has 6 nitrogen and oxygen atoms in total. The van der Waals surface area contributed by atoms with Crippen LogP contribution in [0.1, 0.15) is 28.7 Å². The summed E-state index contributed by atoms with van der Waals surface area (Å²) in [5.41, 5.74) is 4.92. The fourth-order valence-electron chi connectivity index (χ4n) is 3.45. The number of hydrogen-bond donors (Lipinski definition) is 2. The molecule has 3 rings (SSSR count). The summed E-state index contributed by atoms with van der Waals surface area (Å²) in [6.07, 6.45) is 2.81. The third-order valence-electron chi connectivity index (χ3n) is 5.10. The van der Waals surface area contributed by atoms with Crippen LogP contribution in [0, 0.1) is 6.92 Å². The number of aryl methyl sites for hydroxylation is 1. The molecule has 1 aliphatic heterocycles. The monoisotopic (exact) mass is 539 g/mol. The number of halogens is 1. The summed E-state index contributed by atoms with van der Waals surface area (Å²) >= 11 is 0. The minimum Gasteiger partial charge on any atom is -0.493 e. The van der Waals surface area contributed by atoms with E-state index in [4.69, 9.17) is 14.2 Å². The second-order valence-electron chi connectivity index (χ2n) is 7.45. The van der Waals surface area contributed by atoms with Crippen molar-refractivity contribution in [3.8, 4) is 11.5 Å². The summed E-state index contributed by atoms with van der Waals surface area (Å²) < 4.78 is 16.6. The van der Waals surface area contributed by atoms with Gasteiger partial charge in [-0.05, 0) is 42.2 Å². The molecular formula is C24H34IN3O3. The van der Waals surface area contributed by atoms with E-state index in [1.807, 2.05) is 0 Å². The first-order chi connectivity index (χ1) is 14.7. The van der Waals surface area contributed by atoms with Gasteiger partial charge < -0.3 is 24.8 Å². The van der Waals surface area contributed by atoms with Crippen molar-refractivity contribution in [2.24, 2.45) is 4.99 Å². The van der Waals surface area contributed by atoms with Gasteiger partial charge in [0.15, 0.2) is 5.96 Å². The van der Waals surface area contributed by atoms with Crippen molar-refractivity contribution in [2.75, 3.05) is 40.5 Å². The molecule has 0 saturated carbocycles. The van der Waals surface area contributed by atoms with Crippen LogP contribution in [0.4, 0.5) is 0 Å². The number of methoxy groups -OCH3 is 1. The van der Waals surface area contributed by atoms with Gasteiger partial charge in [0.05, 0.1) is 13.2 Å². The minimum absolute atomic E-state index is 0. The lowest BCUT2D eigenvalue weighted by atomic mass is 10.1. The van der Waals surface area contributed by atoms with Gasteiger partial charge in [0.1, 0.15) is 11.5 Å². The van der Waals surface area contributed by atoms with Gasteiger partial charge in [-0.15, -0.1) is 24.0 Å². The first-order valence-corrected chi connectivity index (χ1v) is 10.6. The zero-order chi connectivity index (χ0) is 21.2. The number of ether oxygens (including phenoxy) is 3. The van der Waals surface area contributed by atoms with Crippen LogP contribution >= 0.6 is 24.0 Å². The zero-order valence-corrected chi connectivity index (χ0v) is 21.0. The quantitative estimate of drug-likeness (QED) is 0.208. The Labute approximate surface area is 202 Å². The van der Waals surface area contributed by atoms with Gasteiger partial charge >= 0.3 is 0 Å². The van der Waals surface area contributed by atoms with Crippen molar-refractivity contribution < 1.29 is 14.2 Å². The van der Waals surface area contributed by atoms with Crippen LogP contribution in [0.2, 0.25) is 0 Å². The number of aliphatic imine (C=N–C) groups is 1. The van der Waals surface area contributed by atoms with Crippen LogP contribution in [-0.4, -0.2) is 46.5 Å². The van der Waals surface area contributed by atoms with Crippen molar-refractivity contribution in [1.82, 2.24) is 10.6 Å². The van der Waals surface area contributed by atoms with E-state index in [0.29, 0.717) is 19.8 Å². The highest BCUT2D eigenvalue weighted by Gasteiger charge is 2.12. The second kappa shape index (κ2) is 13.4. The fraction of sp³-hybridized carbons (Fsp3) is 0.458. The lowest BCUT2D eigenvalue weighted by Crippen LogP contribution is -2.37. The van der Waals surface area contributed by atoms with E-state index in [0.717, 1.165) is 55.4 Å². The summed E-state index contributed by atoms with van der Waals surface area (Å²) in [6.45, 7) is 5.68. The zero-order valence-electron chi connectivity index (χ0n) is 18.7. The lowest BCUT2D eigenvalue weighted by molar-refractivity contribution is 0.171. The Bertz CT molecular complexity index is 858. The van der Waals surface area contributed by atoms with E-state index in [-0.39, 0.29) is 24.0 Å². The number of benzene rings is 2. The number of fused-ring (bicyclic) bond motifs is 1. The van der Waals surface area contributed by atoms with E-state index in [2.05, 4.69) is 58.9 Å². The Kier molecular flexibility index (Phi) is 10.9. The molecular weight excluding hydrogens is 505 g/mol. The Morgan fingerprint density at radius 1 is 1.13 bits per heavy atom. The molecule has 1 heterocycles. The number of nitrogens with one attached hydrogen (secondary N) is 2. The molecule has 7 heteroatoms. The average Bonchev–Trinajstić information content (AvgIpc) is 3.22. The Morgan fingerprint density at radius 2 is 2.00 bits per heavy atom. The molecule has 2 aromatic carbocycles. The van der Waals surface area contributed by atoms with E-state index < -0.39 is 0 Å². The summed E-state index contributed by atoms with van der Waals surface area (Å²) in [7, 11) is 3.50. The summed E-state index contributed by atoms with van der Waals surface area (Å²) in [5.74, 6) is 2.72. The van der Waals surface area contributed by atoms with E-state index in [9.17, 15) is 0 Å². The van der Waals surface area contributed by atoms with Gasteiger partial charge in [0.2, 0.25) is 0 Å². The Balaban J connectivity index is 0.00000341. The molecule has 0 radical (unpaired) electrons. The Morgan fingerprint density at radius 3 is 2.81 bits per heavy atom. The normalized spacial score (nSPS) is 12.5. The molecule has 0 bridgehead atoms. The maximum atomic E-state index is 5.97. The van der Waals surface area contributed by atoms with Crippen LogP contribution in [0.5, 0.6) is 11.5 Å². The molecule has 2 N–H and O–H groups in total. The van der Waals surface area contributed by atoms with Crippen molar-refractivity contribution >= 4 is 29.9 Å². The van der Waals surface area contributed by atoms with Gasteiger partial charge in [0, 0.05) is 52.3 Å². The van der Waals surface area contributed by atoms with E-state index in [1.54, 1.807) is 14.2 Å². The van der Waals surface area contributed by atoms with Crippen molar-refractivity contribution in [2.45, 2.75) is 32.7 Å². The average molecular weight is 539 g/mol. The predicted molar refractivity (Wildman–Crippen MR) is 136 cm³/mol. The van der Waals surface area contributed by atoms with Crippen LogP contribution < -0.4 is 20.1 Å². The first kappa shape index (κ1) is 25.3. The number of hydrogen-bond acceptors (Lipinski definition) is 4. The molecule has 0 aliphatic carbocycles. The highest BCUT2D eigenvalue weighted by atomic mass is 127. The van der Waals surface area contributed by atoms with Crippen LogP contribution in [0.3, 0.4) is 0 Å². The van der Waals surface area contributed by atoms with Gasteiger partial charge in [-0.25, -0.2) is 0 Å². The molecule has 170 valence electrons. The lowest BCUT2D eigenvalue weighted by Gasteiger charge is -2.15. The highest BCUT2D eigenvalue weighted by molar-refractivity contribution is 14.0. The summed E-state index contributed by atoms with van der Waals surface area (Å²) in [5, 5.41) is 6.79. The molecule has 2 aromatic rings. The third kappa shape index (κ3) is 7.88. The van der Waals surface area contributed by atoms with Crippen molar-refractivity contribution in [1.29, 1.82) is 0 Å². The van der Waals surface area contributed by atoms with Gasteiger partial charge in [-0.3, -0.25) is 4.99 Å². The fourth-order valence-corrected chi connectivity index (χ4v) is 3.45. The van der Waals surface area contributed by atoms with Gasteiger partial charge in [-0.1, -0.05) is 24.3 Å². The standard InChI is InChI=1S/C24H33N3O3.HI/c1-18-5-7-21(23(15-18)29-13-4-12-28-3)17-27-24(25-2)26-11-9-19-6-8-22-20(16-19)10-14-30-22;/h5-8,15-16H,4,9-14,17H2,1-3H3,(H2,25,26,27);1H. The van der Waals surface area contributed by atoms with Gasteiger partial charge in [0.25, 0.3) is 0 Å². The number of guanidine groups is 1. The number of nitrogens with zero attached hydrogens (tertiary/aromatic N) is 1. The maximum Gasteiger partial charge on any atom is 0.191 e. The topological polar surface area (TPSA) is 64.1 Å². The molecule has 0 atom stereocenters. The van der Waals surface area contributed by atoms with Gasteiger partial charge in [-0.2, -0.15) is 0 Å². The largest absolute Gasteiger partial charge is 0.493 e. The minimum atomic E-state index is 0. The third-order valence-corrected chi connectivity index (χ3v) is 5.10. The maximum absolute atomic E-state index is 5.97.